The molecular weight excluding hydrogens is 386 g/mol. The highest BCUT2D eigenvalue weighted by atomic mass is 35.5. The van der Waals surface area contributed by atoms with Gasteiger partial charge in [0.05, 0.1) is 5.69 Å². The van der Waals surface area contributed by atoms with Crippen LogP contribution in [0.25, 0.3) is 5.78 Å². The molecule has 2 aromatic heterocycles. The summed E-state index contributed by atoms with van der Waals surface area (Å²) in [7, 11) is 0. The number of rotatable bonds is 3. The number of thioether (sulfide) groups is 1. The first kappa shape index (κ1) is 17.9. The molecule has 0 saturated carbocycles. The van der Waals surface area contributed by atoms with Crippen molar-refractivity contribution in [3.05, 3.63) is 46.2 Å². The van der Waals surface area contributed by atoms with Crippen molar-refractivity contribution in [1.82, 2.24) is 19.6 Å². The van der Waals surface area contributed by atoms with Gasteiger partial charge in [-0.1, -0.05) is 29.4 Å². The van der Waals surface area contributed by atoms with E-state index in [1.807, 2.05) is 19.9 Å². The van der Waals surface area contributed by atoms with Crippen LogP contribution in [0, 0.1) is 20.8 Å². The van der Waals surface area contributed by atoms with E-state index in [0.29, 0.717) is 27.2 Å². The van der Waals surface area contributed by atoms with Gasteiger partial charge in [0, 0.05) is 22.8 Å². The van der Waals surface area contributed by atoms with Crippen molar-refractivity contribution in [3.63, 3.8) is 0 Å². The first-order valence-corrected chi connectivity index (χ1v) is 9.60. The monoisotopic (exact) mass is 401 g/mol. The maximum absolute atomic E-state index is 12.9. The first-order valence-electron chi connectivity index (χ1n) is 8.34. The third kappa shape index (κ3) is 2.98. The second-order valence-electron chi connectivity index (χ2n) is 6.42. The van der Waals surface area contributed by atoms with Gasteiger partial charge in [-0.15, -0.1) is 10.2 Å². The Morgan fingerprint density at radius 3 is 2.74 bits per heavy atom. The van der Waals surface area contributed by atoms with E-state index < -0.39 is 5.25 Å². The van der Waals surface area contributed by atoms with Gasteiger partial charge in [0.15, 0.2) is 5.16 Å². The molecule has 1 fully saturated rings. The van der Waals surface area contributed by atoms with Crippen molar-refractivity contribution >= 4 is 46.6 Å². The molecule has 0 aliphatic carbocycles. The highest BCUT2D eigenvalue weighted by Crippen LogP contribution is 2.36. The van der Waals surface area contributed by atoms with Crippen LogP contribution in [-0.4, -0.2) is 36.6 Å². The van der Waals surface area contributed by atoms with Crippen LogP contribution in [0.4, 0.5) is 5.69 Å². The molecule has 4 rings (SSSR count). The zero-order chi connectivity index (χ0) is 19.3. The fourth-order valence-electron chi connectivity index (χ4n) is 3.19. The third-order valence-electron chi connectivity index (χ3n) is 4.50. The van der Waals surface area contributed by atoms with Gasteiger partial charge in [-0.05, 0) is 44.5 Å². The molecule has 0 spiro atoms. The lowest BCUT2D eigenvalue weighted by atomic mass is 10.2. The summed E-state index contributed by atoms with van der Waals surface area (Å²) < 4.78 is 1.79. The highest BCUT2D eigenvalue weighted by molar-refractivity contribution is 8.00. The minimum Gasteiger partial charge on any atom is -0.274 e. The van der Waals surface area contributed by atoms with Crippen LogP contribution in [0.5, 0.6) is 0 Å². The number of benzene rings is 1. The number of hydrogen-bond acceptors (Lipinski definition) is 6. The second-order valence-corrected chi connectivity index (χ2v) is 8.00. The van der Waals surface area contributed by atoms with Crippen molar-refractivity contribution in [2.45, 2.75) is 37.6 Å². The molecule has 0 radical (unpaired) electrons. The van der Waals surface area contributed by atoms with Crippen LogP contribution in [0.1, 0.15) is 23.4 Å². The minimum atomic E-state index is -0.566. The molecular formula is C18H16ClN5O2S. The Morgan fingerprint density at radius 2 is 1.96 bits per heavy atom. The lowest BCUT2D eigenvalue weighted by molar-refractivity contribution is -0.121. The van der Waals surface area contributed by atoms with Gasteiger partial charge < -0.3 is 0 Å². The predicted octanol–water partition coefficient (Wildman–Crippen LogP) is 3.13. The molecule has 1 aliphatic heterocycles. The SMILES string of the molecule is Cc1cc(C)n2c(SC3CC(=O)N(c4cccc(Cl)c4C)C3=O)nnc2n1. The standard InChI is InChI=1S/C18H16ClN5O2S/c1-9-7-10(2)23-17(20-9)21-22-18(23)27-14-8-15(25)24(16(14)26)13-6-4-5-12(19)11(13)3/h4-7,14H,8H2,1-3H3. The maximum Gasteiger partial charge on any atom is 0.256 e. The number of carbonyl (C=O) groups is 2. The van der Waals surface area contributed by atoms with Gasteiger partial charge in [-0.3, -0.25) is 14.0 Å². The lowest BCUT2D eigenvalue weighted by Gasteiger charge is -2.17. The summed E-state index contributed by atoms with van der Waals surface area (Å²) in [5, 5.41) is 8.74. The van der Waals surface area contributed by atoms with Gasteiger partial charge in [0.2, 0.25) is 11.8 Å². The summed E-state index contributed by atoms with van der Waals surface area (Å²) >= 11 is 7.38. The molecule has 0 N–H and O–H groups in total. The number of halogens is 1. The number of aromatic nitrogens is 4. The second kappa shape index (κ2) is 6.61. The zero-order valence-electron chi connectivity index (χ0n) is 14.9. The summed E-state index contributed by atoms with van der Waals surface area (Å²) in [5.74, 6) is -0.0402. The van der Waals surface area contributed by atoms with Gasteiger partial charge in [0.1, 0.15) is 5.25 Å². The normalized spacial score (nSPS) is 17.3. The Kier molecular flexibility index (Phi) is 4.39. The number of carbonyl (C=O) groups excluding carboxylic acids is 2. The summed E-state index contributed by atoms with van der Waals surface area (Å²) in [5.41, 5.74) is 3.00. The fraction of sp³-hybridized carbons (Fsp3) is 0.278. The average molecular weight is 402 g/mol. The van der Waals surface area contributed by atoms with Crippen molar-refractivity contribution in [2.75, 3.05) is 4.90 Å². The van der Waals surface area contributed by atoms with Crippen LogP contribution in [-0.2, 0) is 9.59 Å². The van der Waals surface area contributed by atoms with E-state index >= 15 is 0 Å². The quantitative estimate of drug-likeness (QED) is 0.627. The Balaban J connectivity index is 1.66. The molecule has 3 heterocycles. The number of nitrogens with zero attached hydrogens (tertiary/aromatic N) is 5. The predicted molar refractivity (Wildman–Crippen MR) is 103 cm³/mol. The van der Waals surface area contributed by atoms with E-state index in [1.54, 1.807) is 29.5 Å². The number of fused-ring (bicyclic) bond motifs is 1. The molecule has 2 amide bonds. The molecule has 138 valence electrons. The Morgan fingerprint density at radius 1 is 1.19 bits per heavy atom. The molecule has 0 bridgehead atoms. The number of hydrogen-bond donors (Lipinski definition) is 0. The summed E-state index contributed by atoms with van der Waals surface area (Å²) in [6.07, 6.45) is 0.0999. The molecule has 1 aromatic carbocycles. The van der Waals surface area contributed by atoms with E-state index in [2.05, 4.69) is 15.2 Å². The highest BCUT2D eigenvalue weighted by Gasteiger charge is 2.41. The number of amides is 2. The van der Waals surface area contributed by atoms with Crippen LogP contribution >= 0.6 is 23.4 Å². The van der Waals surface area contributed by atoms with Crippen molar-refractivity contribution < 1.29 is 9.59 Å². The summed E-state index contributed by atoms with van der Waals surface area (Å²) in [6, 6.07) is 7.11. The summed E-state index contributed by atoms with van der Waals surface area (Å²) in [6.45, 7) is 5.61. The number of aryl methyl sites for hydroxylation is 2. The minimum absolute atomic E-state index is 0.0999. The summed E-state index contributed by atoms with van der Waals surface area (Å²) in [4.78, 5) is 31.1. The molecule has 1 aliphatic rings. The number of imide groups is 1. The lowest BCUT2D eigenvalue weighted by Crippen LogP contribution is -2.31. The van der Waals surface area contributed by atoms with Crippen LogP contribution in [0.2, 0.25) is 5.02 Å². The van der Waals surface area contributed by atoms with E-state index in [-0.39, 0.29) is 18.2 Å². The van der Waals surface area contributed by atoms with Crippen molar-refractivity contribution in [2.24, 2.45) is 0 Å². The first-order chi connectivity index (χ1) is 12.9. The van der Waals surface area contributed by atoms with Gasteiger partial charge in [-0.25, -0.2) is 9.88 Å². The van der Waals surface area contributed by atoms with E-state index in [4.69, 9.17) is 11.6 Å². The Hall–Kier alpha value is -2.45. The molecule has 1 atom stereocenters. The van der Waals surface area contributed by atoms with Gasteiger partial charge in [-0.2, -0.15) is 0 Å². The van der Waals surface area contributed by atoms with E-state index in [0.717, 1.165) is 11.4 Å². The molecule has 27 heavy (non-hydrogen) atoms. The molecule has 1 saturated heterocycles. The maximum atomic E-state index is 12.9. The number of anilines is 1. The molecule has 7 nitrogen and oxygen atoms in total. The van der Waals surface area contributed by atoms with Crippen LogP contribution in [0.3, 0.4) is 0 Å². The molecule has 3 aromatic rings. The average Bonchev–Trinajstić information content (AvgIpc) is 3.12. The van der Waals surface area contributed by atoms with Gasteiger partial charge >= 0.3 is 0 Å². The molecule has 1 unspecified atom stereocenters. The Bertz CT molecular complexity index is 1100. The van der Waals surface area contributed by atoms with Gasteiger partial charge in [0.25, 0.3) is 5.78 Å². The topological polar surface area (TPSA) is 80.5 Å². The van der Waals surface area contributed by atoms with E-state index in [9.17, 15) is 9.59 Å². The molecule has 9 heteroatoms. The Labute approximate surface area is 164 Å². The smallest absolute Gasteiger partial charge is 0.256 e. The van der Waals surface area contributed by atoms with Crippen LogP contribution in [0.15, 0.2) is 29.4 Å². The van der Waals surface area contributed by atoms with Crippen molar-refractivity contribution in [1.29, 1.82) is 0 Å². The third-order valence-corrected chi connectivity index (χ3v) is 6.03. The fourth-order valence-corrected chi connectivity index (χ4v) is 4.47. The van der Waals surface area contributed by atoms with Crippen molar-refractivity contribution in [3.8, 4) is 0 Å². The van der Waals surface area contributed by atoms with E-state index in [1.165, 1.54) is 16.7 Å². The van der Waals surface area contributed by atoms with Crippen LogP contribution < -0.4 is 4.90 Å². The zero-order valence-corrected chi connectivity index (χ0v) is 16.5. The largest absolute Gasteiger partial charge is 0.274 e.